The number of rotatable bonds is 1. The predicted octanol–water partition coefficient (Wildman–Crippen LogP) is 4.50. The molecule has 0 fully saturated rings. The maximum atomic E-state index is 4.77. The van der Waals surface area contributed by atoms with Crippen LogP contribution < -0.4 is 0 Å². The zero-order chi connectivity index (χ0) is 13.5. The van der Waals surface area contributed by atoms with Crippen molar-refractivity contribution < 1.29 is 0 Å². The highest BCUT2D eigenvalue weighted by Gasteiger charge is 2.10. The molecule has 0 amide bonds. The molecular weight excluding hydrogens is 244 g/mol. The van der Waals surface area contributed by atoms with Crippen LogP contribution in [0, 0.1) is 0 Å². The van der Waals surface area contributed by atoms with E-state index in [1.54, 1.807) is 0 Å². The molecule has 0 radical (unpaired) electrons. The van der Waals surface area contributed by atoms with Crippen LogP contribution in [0.2, 0.25) is 0 Å². The third-order valence-electron chi connectivity index (χ3n) is 3.84. The summed E-state index contributed by atoms with van der Waals surface area (Å²) in [5, 5.41) is 4.85. The molecule has 0 aliphatic rings. The van der Waals surface area contributed by atoms with Crippen molar-refractivity contribution in [3.63, 3.8) is 0 Å². The Balaban J connectivity index is 2.36. The van der Waals surface area contributed by atoms with E-state index in [9.17, 15) is 0 Å². The van der Waals surface area contributed by atoms with E-state index in [1.165, 1.54) is 21.5 Å². The van der Waals surface area contributed by atoms with E-state index in [0.717, 1.165) is 23.1 Å². The topological polar surface area (TPSA) is 25.8 Å². The maximum absolute atomic E-state index is 4.77. The lowest BCUT2D eigenvalue weighted by atomic mass is 10.0. The van der Waals surface area contributed by atoms with Crippen LogP contribution in [0.4, 0.5) is 0 Å². The SMILES string of the molecule is CCc1nc2ccccc2c2c1ncc1ccccc12. The van der Waals surface area contributed by atoms with Crippen molar-refractivity contribution in [2.45, 2.75) is 13.3 Å². The first-order chi connectivity index (χ1) is 9.88. The molecule has 0 spiro atoms. The molecule has 2 nitrogen and oxygen atoms in total. The fourth-order valence-corrected chi connectivity index (χ4v) is 2.88. The van der Waals surface area contributed by atoms with Crippen LogP contribution >= 0.6 is 0 Å². The molecule has 0 aliphatic heterocycles. The van der Waals surface area contributed by atoms with E-state index in [4.69, 9.17) is 4.98 Å². The summed E-state index contributed by atoms with van der Waals surface area (Å²) in [6.45, 7) is 2.13. The quantitative estimate of drug-likeness (QED) is 0.470. The second-order valence-electron chi connectivity index (χ2n) is 5.00. The molecule has 0 bridgehead atoms. The normalized spacial score (nSPS) is 11.4. The summed E-state index contributed by atoms with van der Waals surface area (Å²) in [5.74, 6) is 0. The molecule has 2 heteroatoms. The highest BCUT2D eigenvalue weighted by Crippen LogP contribution is 2.31. The molecule has 0 aliphatic carbocycles. The predicted molar refractivity (Wildman–Crippen MR) is 83.9 cm³/mol. The lowest BCUT2D eigenvalue weighted by Crippen LogP contribution is -1.94. The van der Waals surface area contributed by atoms with E-state index >= 15 is 0 Å². The molecule has 2 heterocycles. The van der Waals surface area contributed by atoms with Crippen molar-refractivity contribution in [1.29, 1.82) is 0 Å². The molecule has 0 unspecified atom stereocenters. The van der Waals surface area contributed by atoms with E-state index in [1.807, 2.05) is 12.3 Å². The molecule has 4 aromatic rings. The molecule has 0 saturated carbocycles. The van der Waals surface area contributed by atoms with Crippen LogP contribution in [0.3, 0.4) is 0 Å². The second-order valence-corrected chi connectivity index (χ2v) is 5.00. The van der Waals surface area contributed by atoms with Gasteiger partial charge in [-0.2, -0.15) is 0 Å². The minimum Gasteiger partial charge on any atom is -0.254 e. The number of hydrogen-bond donors (Lipinski definition) is 0. The van der Waals surface area contributed by atoms with Crippen molar-refractivity contribution in [2.75, 3.05) is 0 Å². The van der Waals surface area contributed by atoms with Crippen molar-refractivity contribution in [1.82, 2.24) is 9.97 Å². The molecule has 0 atom stereocenters. The van der Waals surface area contributed by atoms with Gasteiger partial charge in [-0.05, 0) is 17.9 Å². The minimum atomic E-state index is 0.896. The summed E-state index contributed by atoms with van der Waals surface area (Å²) in [7, 11) is 0. The van der Waals surface area contributed by atoms with Gasteiger partial charge in [0.1, 0.15) is 0 Å². The van der Waals surface area contributed by atoms with Gasteiger partial charge in [-0.1, -0.05) is 49.4 Å². The van der Waals surface area contributed by atoms with Gasteiger partial charge in [-0.3, -0.25) is 9.97 Å². The molecule has 0 saturated heterocycles. The van der Waals surface area contributed by atoms with Crippen molar-refractivity contribution >= 4 is 32.6 Å². The Bertz CT molecular complexity index is 926. The highest BCUT2D eigenvalue weighted by molar-refractivity contribution is 6.18. The summed E-state index contributed by atoms with van der Waals surface area (Å²) < 4.78 is 0. The maximum Gasteiger partial charge on any atom is 0.0930 e. The first kappa shape index (κ1) is 11.4. The van der Waals surface area contributed by atoms with Crippen LogP contribution in [0.1, 0.15) is 12.6 Å². The zero-order valence-electron chi connectivity index (χ0n) is 11.3. The molecule has 0 N–H and O–H groups in total. The monoisotopic (exact) mass is 258 g/mol. The number of pyridine rings is 2. The molecule has 2 aromatic carbocycles. The Labute approximate surface area is 117 Å². The molecule has 20 heavy (non-hydrogen) atoms. The summed E-state index contributed by atoms with van der Waals surface area (Å²) in [6.07, 6.45) is 2.85. The molecular formula is C18H14N2. The van der Waals surface area contributed by atoms with Gasteiger partial charge in [0.05, 0.1) is 16.7 Å². The first-order valence-electron chi connectivity index (χ1n) is 6.93. The molecule has 2 aromatic heterocycles. The Morgan fingerprint density at radius 1 is 0.900 bits per heavy atom. The van der Waals surface area contributed by atoms with Crippen LogP contribution in [0.25, 0.3) is 32.6 Å². The number of hydrogen-bond acceptors (Lipinski definition) is 2. The first-order valence-corrected chi connectivity index (χ1v) is 6.93. The second kappa shape index (κ2) is 4.27. The van der Waals surface area contributed by atoms with Crippen molar-refractivity contribution in [3.05, 3.63) is 60.4 Å². The van der Waals surface area contributed by atoms with Crippen molar-refractivity contribution in [2.24, 2.45) is 0 Å². The third kappa shape index (κ3) is 1.51. The smallest absolute Gasteiger partial charge is 0.0930 e. The number of benzene rings is 2. The van der Waals surface area contributed by atoms with Gasteiger partial charge >= 0.3 is 0 Å². The summed E-state index contributed by atoms with van der Waals surface area (Å²) >= 11 is 0. The summed E-state index contributed by atoms with van der Waals surface area (Å²) in [5.41, 5.74) is 3.16. The number of aryl methyl sites for hydroxylation is 1. The van der Waals surface area contributed by atoms with E-state index < -0.39 is 0 Å². The Morgan fingerprint density at radius 3 is 2.50 bits per heavy atom. The van der Waals surface area contributed by atoms with Gasteiger partial charge in [-0.25, -0.2) is 0 Å². The average Bonchev–Trinajstić information content (AvgIpc) is 2.53. The van der Waals surface area contributed by atoms with Gasteiger partial charge in [0.25, 0.3) is 0 Å². The fourth-order valence-electron chi connectivity index (χ4n) is 2.88. The van der Waals surface area contributed by atoms with E-state index in [2.05, 4.69) is 54.4 Å². The standard InChI is InChI=1S/C18H14N2/c1-2-15-18-17(14-9-5-6-10-16(14)20-15)13-8-4-3-7-12(13)11-19-18/h3-11H,2H2,1H3. The lowest BCUT2D eigenvalue weighted by molar-refractivity contribution is 1.07. The van der Waals surface area contributed by atoms with Crippen LogP contribution in [-0.4, -0.2) is 9.97 Å². The summed E-state index contributed by atoms with van der Waals surface area (Å²) in [6, 6.07) is 16.8. The third-order valence-corrected chi connectivity index (χ3v) is 3.84. The van der Waals surface area contributed by atoms with Gasteiger partial charge < -0.3 is 0 Å². The number of aromatic nitrogens is 2. The van der Waals surface area contributed by atoms with Crippen LogP contribution in [-0.2, 0) is 6.42 Å². The largest absolute Gasteiger partial charge is 0.254 e. The Hall–Kier alpha value is -2.48. The molecule has 96 valence electrons. The van der Waals surface area contributed by atoms with Gasteiger partial charge in [-0.15, -0.1) is 0 Å². The zero-order valence-corrected chi connectivity index (χ0v) is 11.3. The number of nitrogens with zero attached hydrogens (tertiary/aromatic N) is 2. The van der Waals surface area contributed by atoms with Gasteiger partial charge in [0.15, 0.2) is 0 Å². The fraction of sp³-hybridized carbons (Fsp3) is 0.111. The highest BCUT2D eigenvalue weighted by atomic mass is 14.8. The number of fused-ring (bicyclic) bond motifs is 5. The molecule has 4 rings (SSSR count). The van der Waals surface area contributed by atoms with E-state index in [-0.39, 0.29) is 0 Å². The summed E-state index contributed by atoms with van der Waals surface area (Å²) in [4.78, 5) is 9.43. The lowest BCUT2D eigenvalue weighted by Gasteiger charge is -2.10. The van der Waals surface area contributed by atoms with Crippen LogP contribution in [0.15, 0.2) is 54.7 Å². The van der Waals surface area contributed by atoms with E-state index in [0.29, 0.717) is 0 Å². The Kier molecular flexibility index (Phi) is 2.43. The minimum absolute atomic E-state index is 0.896. The number of para-hydroxylation sites is 1. The van der Waals surface area contributed by atoms with Gasteiger partial charge in [0.2, 0.25) is 0 Å². The van der Waals surface area contributed by atoms with Crippen LogP contribution in [0.5, 0.6) is 0 Å². The van der Waals surface area contributed by atoms with Gasteiger partial charge in [0, 0.05) is 22.4 Å². The van der Waals surface area contributed by atoms with Crippen molar-refractivity contribution in [3.8, 4) is 0 Å². The average molecular weight is 258 g/mol. The Morgan fingerprint density at radius 2 is 1.65 bits per heavy atom.